The molecule has 0 spiro atoms. The first-order chi connectivity index (χ1) is 12.7. The molecule has 0 aliphatic heterocycles. The minimum absolute atomic E-state index is 0.0343. The van der Waals surface area contributed by atoms with Crippen LogP contribution in [0, 0.1) is 11.3 Å². The lowest BCUT2D eigenvalue weighted by Crippen LogP contribution is -2.21. The zero-order chi connectivity index (χ0) is 18.4. The lowest BCUT2D eigenvalue weighted by atomic mass is 10.2. The van der Waals surface area contributed by atoms with Crippen molar-refractivity contribution < 1.29 is 5.11 Å². The Morgan fingerprint density at radius 1 is 1.19 bits per heavy atom. The predicted octanol–water partition coefficient (Wildman–Crippen LogP) is 2.95. The molecule has 0 radical (unpaired) electrons. The Kier molecular flexibility index (Phi) is 5.37. The van der Waals surface area contributed by atoms with Gasteiger partial charge in [-0.15, -0.1) is 0 Å². The third kappa shape index (κ3) is 4.32. The number of hydrogen-bond donors (Lipinski definition) is 3. The molecular formula is C19H18N6O. The third-order valence-electron chi connectivity index (χ3n) is 3.60. The van der Waals surface area contributed by atoms with E-state index in [2.05, 4.69) is 31.7 Å². The number of nitriles is 1. The van der Waals surface area contributed by atoms with Crippen LogP contribution >= 0.6 is 0 Å². The van der Waals surface area contributed by atoms with Crippen LogP contribution in [-0.2, 0) is 0 Å². The van der Waals surface area contributed by atoms with Crippen LogP contribution in [0.4, 0.5) is 17.5 Å². The molecule has 3 aromatic rings. The zero-order valence-electron chi connectivity index (χ0n) is 14.2. The minimum atomic E-state index is -0.186. The number of pyridine rings is 1. The van der Waals surface area contributed by atoms with Gasteiger partial charge in [-0.25, -0.2) is 4.98 Å². The van der Waals surface area contributed by atoms with Gasteiger partial charge in [-0.1, -0.05) is 6.07 Å². The maximum Gasteiger partial charge on any atom is 0.225 e. The molecule has 0 amide bonds. The summed E-state index contributed by atoms with van der Waals surface area (Å²) in [5.41, 5.74) is 2.85. The summed E-state index contributed by atoms with van der Waals surface area (Å²) in [6, 6.07) is 14.6. The maximum absolute atomic E-state index is 9.27. The van der Waals surface area contributed by atoms with Gasteiger partial charge in [0.05, 0.1) is 23.9 Å². The highest BCUT2D eigenvalue weighted by atomic mass is 16.3. The van der Waals surface area contributed by atoms with Gasteiger partial charge in [-0.05, 0) is 37.3 Å². The molecule has 3 N–H and O–H groups in total. The normalized spacial score (nSPS) is 11.4. The van der Waals surface area contributed by atoms with Crippen molar-refractivity contribution in [3.63, 3.8) is 0 Å². The Balaban J connectivity index is 1.97. The van der Waals surface area contributed by atoms with Gasteiger partial charge in [0.2, 0.25) is 5.95 Å². The molecule has 3 rings (SSSR count). The quantitative estimate of drug-likeness (QED) is 0.630. The number of benzene rings is 1. The average Bonchev–Trinajstić information content (AvgIpc) is 2.68. The van der Waals surface area contributed by atoms with Crippen molar-refractivity contribution in [1.82, 2.24) is 15.0 Å². The topological polar surface area (TPSA) is 107 Å². The van der Waals surface area contributed by atoms with Gasteiger partial charge in [0, 0.05) is 35.8 Å². The molecule has 0 bridgehead atoms. The van der Waals surface area contributed by atoms with Crippen molar-refractivity contribution in [3.05, 3.63) is 60.4 Å². The van der Waals surface area contributed by atoms with Crippen molar-refractivity contribution in [2.75, 3.05) is 17.2 Å². The maximum atomic E-state index is 9.27. The molecule has 0 aliphatic carbocycles. The molecule has 0 unspecified atom stereocenters. The van der Waals surface area contributed by atoms with E-state index in [1.807, 2.05) is 31.2 Å². The molecule has 0 aliphatic rings. The fourth-order valence-electron chi connectivity index (χ4n) is 2.32. The van der Waals surface area contributed by atoms with E-state index in [9.17, 15) is 5.11 Å². The number of aliphatic hydroxyl groups is 1. The van der Waals surface area contributed by atoms with Gasteiger partial charge in [0.25, 0.3) is 0 Å². The summed E-state index contributed by atoms with van der Waals surface area (Å²) in [6.07, 6.45) is 3.42. The van der Waals surface area contributed by atoms with E-state index in [-0.39, 0.29) is 12.6 Å². The second kappa shape index (κ2) is 8.05. The lowest BCUT2D eigenvalue weighted by Gasteiger charge is -2.14. The van der Waals surface area contributed by atoms with E-state index in [0.717, 1.165) is 11.3 Å². The van der Waals surface area contributed by atoms with Crippen LogP contribution in [0.3, 0.4) is 0 Å². The largest absolute Gasteiger partial charge is 0.394 e. The van der Waals surface area contributed by atoms with Crippen molar-refractivity contribution >= 4 is 17.5 Å². The number of aliphatic hydroxyl groups excluding tert-OH is 1. The molecule has 0 saturated heterocycles. The summed E-state index contributed by atoms with van der Waals surface area (Å²) in [7, 11) is 0. The van der Waals surface area contributed by atoms with Crippen LogP contribution in [0.15, 0.2) is 54.9 Å². The van der Waals surface area contributed by atoms with Gasteiger partial charge in [-0.3, -0.25) is 4.98 Å². The fraction of sp³-hybridized carbons (Fsp3) is 0.158. The van der Waals surface area contributed by atoms with Gasteiger partial charge in [-0.2, -0.15) is 10.2 Å². The molecule has 2 aromatic heterocycles. The first kappa shape index (κ1) is 17.3. The first-order valence-corrected chi connectivity index (χ1v) is 8.12. The molecule has 2 heterocycles. The van der Waals surface area contributed by atoms with Crippen molar-refractivity contribution in [2.24, 2.45) is 0 Å². The third-order valence-corrected chi connectivity index (χ3v) is 3.60. The fourth-order valence-corrected chi connectivity index (χ4v) is 2.32. The van der Waals surface area contributed by atoms with E-state index < -0.39 is 0 Å². The number of aromatic nitrogens is 3. The molecule has 1 atom stereocenters. The summed E-state index contributed by atoms with van der Waals surface area (Å²) in [4.78, 5) is 13.1. The number of hydrogen-bond acceptors (Lipinski definition) is 7. The van der Waals surface area contributed by atoms with Gasteiger partial charge in [0.15, 0.2) is 0 Å². The molecule has 1 aromatic carbocycles. The van der Waals surface area contributed by atoms with Gasteiger partial charge < -0.3 is 15.7 Å². The Hall–Kier alpha value is -3.50. The van der Waals surface area contributed by atoms with E-state index >= 15 is 0 Å². The second-order valence-electron chi connectivity index (χ2n) is 5.75. The molecular weight excluding hydrogens is 328 g/mol. The molecule has 0 saturated carbocycles. The highest BCUT2D eigenvalue weighted by molar-refractivity contribution is 5.67. The Morgan fingerprint density at radius 3 is 2.81 bits per heavy atom. The molecule has 0 fully saturated rings. The Labute approximate surface area is 151 Å². The highest BCUT2D eigenvalue weighted by Crippen LogP contribution is 2.23. The van der Waals surface area contributed by atoms with E-state index in [1.54, 1.807) is 30.6 Å². The van der Waals surface area contributed by atoms with Crippen LogP contribution in [-0.4, -0.2) is 32.7 Å². The van der Waals surface area contributed by atoms with Crippen molar-refractivity contribution in [1.29, 1.82) is 5.26 Å². The van der Waals surface area contributed by atoms with Gasteiger partial charge >= 0.3 is 0 Å². The summed E-state index contributed by atoms with van der Waals surface area (Å²) >= 11 is 0. The monoisotopic (exact) mass is 346 g/mol. The van der Waals surface area contributed by atoms with Gasteiger partial charge in [0.1, 0.15) is 5.82 Å². The van der Waals surface area contributed by atoms with Crippen LogP contribution in [0.25, 0.3) is 11.3 Å². The minimum Gasteiger partial charge on any atom is -0.394 e. The van der Waals surface area contributed by atoms with E-state index in [0.29, 0.717) is 23.0 Å². The first-order valence-electron chi connectivity index (χ1n) is 8.12. The van der Waals surface area contributed by atoms with Crippen LogP contribution < -0.4 is 10.6 Å². The molecule has 130 valence electrons. The smallest absolute Gasteiger partial charge is 0.225 e. The number of anilines is 3. The standard InChI is InChI=1S/C19H18N6O/c1-13(12-26)22-19-24-17(15-5-3-7-21-11-15)9-18(25-19)23-16-6-2-4-14(8-16)10-20/h2-9,11,13,26H,12H2,1H3,(H2,22,23,24,25)/t13-/m0/s1. The average molecular weight is 346 g/mol. The van der Waals surface area contributed by atoms with Crippen molar-refractivity contribution in [3.8, 4) is 17.3 Å². The molecule has 7 heteroatoms. The summed E-state index contributed by atoms with van der Waals surface area (Å²) in [5, 5.41) is 24.6. The Bertz CT molecular complexity index is 923. The SMILES string of the molecule is C[C@@H](CO)Nc1nc(Nc2cccc(C#N)c2)cc(-c2cccnc2)n1. The Morgan fingerprint density at radius 2 is 2.08 bits per heavy atom. The summed E-state index contributed by atoms with van der Waals surface area (Å²) in [5.74, 6) is 0.966. The summed E-state index contributed by atoms with van der Waals surface area (Å²) in [6.45, 7) is 1.80. The number of rotatable bonds is 6. The van der Waals surface area contributed by atoms with E-state index in [1.165, 1.54) is 0 Å². The molecule has 26 heavy (non-hydrogen) atoms. The lowest BCUT2D eigenvalue weighted by molar-refractivity contribution is 0.281. The number of nitrogens with one attached hydrogen (secondary N) is 2. The predicted molar refractivity (Wildman–Crippen MR) is 99.9 cm³/mol. The zero-order valence-corrected chi connectivity index (χ0v) is 14.2. The number of nitrogens with zero attached hydrogens (tertiary/aromatic N) is 4. The second-order valence-corrected chi connectivity index (χ2v) is 5.75. The van der Waals surface area contributed by atoms with E-state index in [4.69, 9.17) is 5.26 Å². The molecule has 7 nitrogen and oxygen atoms in total. The van der Waals surface area contributed by atoms with Crippen LogP contribution in [0.5, 0.6) is 0 Å². The summed E-state index contributed by atoms with van der Waals surface area (Å²) < 4.78 is 0. The van der Waals surface area contributed by atoms with Crippen LogP contribution in [0.1, 0.15) is 12.5 Å². The van der Waals surface area contributed by atoms with Crippen molar-refractivity contribution in [2.45, 2.75) is 13.0 Å². The highest BCUT2D eigenvalue weighted by Gasteiger charge is 2.10. The van der Waals surface area contributed by atoms with Crippen LogP contribution in [0.2, 0.25) is 0 Å².